The summed E-state index contributed by atoms with van der Waals surface area (Å²) in [5, 5.41) is 12.8. The standard InChI is InChI=1S/C12H17ClN6/c1-12(2)5-3-4-7(6-12)9-16-17-10-8(13)15-11(14)18-19(9)10/h7H,3-6H2,1-2H3,(H2,14,18). The summed E-state index contributed by atoms with van der Waals surface area (Å²) in [7, 11) is 0. The highest BCUT2D eigenvalue weighted by Crippen LogP contribution is 2.42. The van der Waals surface area contributed by atoms with Crippen LogP contribution in [-0.2, 0) is 0 Å². The Hall–Kier alpha value is -1.43. The number of halogens is 1. The van der Waals surface area contributed by atoms with Gasteiger partial charge in [-0.1, -0.05) is 31.9 Å². The Labute approximate surface area is 116 Å². The summed E-state index contributed by atoms with van der Waals surface area (Å²) in [6.07, 6.45) is 4.63. The third-order valence-electron chi connectivity index (χ3n) is 3.83. The molecule has 2 heterocycles. The van der Waals surface area contributed by atoms with Crippen molar-refractivity contribution in [1.82, 2.24) is 24.8 Å². The number of hydrogen-bond acceptors (Lipinski definition) is 5. The van der Waals surface area contributed by atoms with Gasteiger partial charge in [-0.15, -0.1) is 15.3 Å². The van der Waals surface area contributed by atoms with E-state index >= 15 is 0 Å². The first-order chi connectivity index (χ1) is 8.96. The summed E-state index contributed by atoms with van der Waals surface area (Å²) in [4.78, 5) is 3.90. The normalized spacial score (nSPS) is 22.8. The van der Waals surface area contributed by atoms with Crippen LogP contribution in [0.5, 0.6) is 0 Å². The Morgan fingerprint density at radius 3 is 2.89 bits per heavy atom. The molecule has 0 aliphatic heterocycles. The van der Waals surface area contributed by atoms with E-state index in [0.29, 0.717) is 17.0 Å². The first kappa shape index (κ1) is 12.6. The number of rotatable bonds is 1. The molecule has 0 amide bonds. The van der Waals surface area contributed by atoms with Gasteiger partial charge in [0.2, 0.25) is 11.6 Å². The average molecular weight is 281 g/mol. The Balaban J connectivity index is 2.06. The smallest absolute Gasteiger partial charge is 0.240 e. The number of fused-ring (bicyclic) bond motifs is 1. The van der Waals surface area contributed by atoms with Gasteiger partial charge in [0.25, 0.3) is 0 Å². The summed E-state index contributed by atoms with van der Waals surface area (Å²) in [6.45, 7) is 4.58. The van der Waals surface area contributed by atoms with Crippen molar-refractivity contribution >= 4 is 23.2 Å². The van der Waals surface area contributed by atoms with E-state index in [1.807, 2.05) is 0 Å². The van der Waals surface area contributed by atoms with E-state index in [4.69, 9.17) is 17.3 Å². The van der Waals surface area contributed by atoms with Crippen molar-refractivity contribution in [1.29, 1.82) is 0 Å². The number of anilines is 1. The second-order valence-corrected chi connectivity index (χ2v) is 6.37. The van der Waals surface area contributed by atoms with Crippen molar-refractivity contribution in [3.05, 3.63) is 11.0 Å². The maximum absolute atomic E-state index is 6.02. The molecule has 2 aromatic rings. The SMILES string of the molecule is CC1(C)CCCC(c2nnc3c(Cl)nc(N)nn23)C1. The molecule has 0 saturated heterocycles. The summed E-state index contributed by atoms with van der Waals surface area (Å²) >= 11 is 6.02. The monoisotopic (exact) mass is 280 g/mol. The van der Waals surface area contributed by atoms with Crippen LogP contribution < -0.4 is 5.73 Å². The van der Waals surface area contributed by atoms with Crippen LogP contribution in [0.4, 0.5) is 5.95 Å². The van der Waals surface area contributed by atoms with Gasteiger partial charge in [-0.05, 0) is 24.7 Å². The van der Waals surface area contributed by atoms with E-state index in [2.05, 4.69) is 34.1 Å². The van der Waals surface area contributed by atoms with E-state index in [1.54, 1.807) is 4.52 Å². The first-order valence-corrected chi connectivity index (χ1v) is 6.88. The van der Waals surface area contributed by atoms with Crippen LogP contribution in [0.1, 0.15) is 51.3 Å². The zero-order valence-corrected chi connectivity index (χ0v) is 11.9. The molecular weight excluding hydrogens is 264 g/mol. The third-order valence-corrected chi connectivity index (χ3v) is 4.09. The van der Waals surface area contributed by atoms with Crippen LogP contribution in [0, 0.1) is 5.41 Å². The molecule has 0 radical (unpaired) electrons. The van der Waals surface area contributed by atoms with Crippen LogP contribution >= 0.6 is 11.6 Å². The topological polar surface area (TPSA) is 82.0 Å². The molecule has 102 valence electrons. The van der Waals surface area contributed by atoms with Gasteiger partial charge in [-0.3, -0.25) is 0 Å². The highest BCUT2D eigenvalue weighted by atomic mass is 35.5. The lowest BCUT2D eigenvalue weighted by molar-refractivity contribution is 0.213. The fraction of sp³-hybridized carbons (Fsp3) is 0.667. The van der Waals surface area contributed by atoms with E-state index < -0.39 is 0 Å². The summed E-state index contributed by atoms with van der Waals surface area (Å²) in [5.74, 6) is 1.34. The van der Waals surface area contributed by atoms with Gasteiger partial charge in [0, 0.05) is 5.92 Å². The molecule has 2 aromatic heterocycles. The van der Waals surface area contributed by atoms with E-state index in [0.717, 1.165) is 18.7 Å². The molecule has 3 rings (SSSR count). The van der Waals surface area contributed by atoms with E-state index in [-0.39, 0.29) is 11.1 Å². The molecule has 0 aromatic carbocycles. The molecule has 1 aliphatic carbocycles. The molecular formula is C12H17ClN6. The third kappa shape index (κ3) is 2.25. The average Bonchev–Trinajstić information content (AvgIpc) is 2.71. The second-order valence-electron chi connectivity index (χ2n) is 6.01. The van der Waals surface area contributed by atoms with Gasteiger partial charge in [-0.25, -0.2) is 0 Å². The Morgan fingerprint density at radius 1 is 1.37 bits per heavy atom. The van der Waals surface area contributed by atoms with Gasteiger partial charge in [-0.2, -0.15) is 9.50 Å². The van der Waals surface area contributed by atoms with E-state index in [1.165, 1.54) is 12.8 Å². The van der Waals surface area contributed by atoms with Gasteiger partial charge < -0.3 is 5.73 Å². The predicted molar refractivity (Wildman–Crippen MR) is 73.0 cm³/mol. The predicted octanol–water partition coefficient (Wildman–Crippen LogP) is 2.44. The lowest BCUT2D eigenvalue weighted by atomic mass is 9.72. The maximum Gasteiger partial charge on any atom is 0.240 e. The number of hydrogen-bond donors (Lipinski definition) is 1. The van der Waals surface area contributed by atoms with Crippen LogP contribution in [-0.4, -0.2) is 24.8 Å². The Bertz CT molecular complexity index is 620. The van der Waals surface area contributed by atoms with Crippen molar-refractivity contribution in [2.45, 2.75) is 45.4 Å². The molecule has 7 heteroatoms. The second kappa shape index (κ2) is 4.30. The van der Waals surface area contributed by atoms with Crippen molar-refractivity contribution in [2.75, 3.05) is 5.73 Å². The first-order valence-electron chi connectivity index (χ1n) is 6.51. The molecule has 1 atom stereocenters. The molecule has 6 nitrogen and oxygen atoms in total. The number of nitrogen functional groups attached to an aromatic ring is 1. The summed E-state index contributed by atoms with van der Waals surface area (Å²) in [6, 6.07) is 0. The lowest BCUT2D eigenvalue weighted by Crippen LogP contribution is -2.23. The van der Waals surface area contributed by atoms with Crippen LogP contribution in [0.2, 0.25) is 5.15 Å². The zero-order chi connectivity index (χ0) is 13.6. The van der Waals surface area contributed by atoms with Gasteiger partial charge in [0.05, 0.1) is 0 Å². The summed E-state index contributed by atoms with van der Waals surface area (Å²) < 4.78 is 1.65. The van der Waals surface area contributed by atoms with Gasteiger partial charge >= 0.3 is 0 Å². The highest BCUT2D eigenvalue weighted by Gasteiger charge is 2.32. The van der Waals surface area contributed by atoms with Crippen molar-refractivity contribution in [3.8, 4) is 0 Å². The molecule has 2 N–H and O–H groups in total. The molecule has 1 unspecified atom stereocenters. The lowest BCUT2D eigenvalue weighted by Gasteiger charge is -2.34. The van der Waals surface area contributed by atoms with Crippen molar-refractivity contribution in [3.63, 3.8) is 0 Å². The Morgan fingerprint density at radius 2 is 2.16 bits per heavy atom. The molecule has 1 aliphatic rings. The minimum atomic E-state index is 0.147. The fourth-order valence-corrected chi connectivity index (χ4v) is 3.17. The van der Waals surface area contributed by atoms with Gasteiger partial charge in [0.1, 0.15) is 0 Å². The molecule has 1 fully saturated rings. The largest absolute Gasteiger partial charge is 0.366 e. The zero-order valence-electron chi connectivity index (χ0n) is 11.1. The number of aromatic nitrogens is 5. The van der Waals surface area contributed by atoms with Crippen molar-refractivity contribution < 1.29 is 0 Å². The number of nitrogens with two attached hydrogens (primary N) is 1. The minimum Gasteiger partial charge on any atom is -0.366 e. The Kier molecular flexibility index (Phi) is 2.85. The van der Waals surface area contributed by atoms with Crippen molar-refractivity contribution in [2.24, 2.45) is 5.41 Å². The molecule has 19 heavy (non-hydrogen) atoms. The van der Waals surface area contributed by atoms with Crippen LogP contribution in [0.15, 0.2) is 0 Å². The molecule has 0 bridgehead atoms. The summed E-state index contributed by atoms with van der Waals surface area (Å²) in [5.41, 5.74) is 6.46. The number of nitrogens with zero attached hydrogens (tertiary/aromatic N) is 5. The van der Waals surface area contributed by atoms with Crippen LogP contribution in [0.25, 0.3) is 5.65 Å². The molecule has 0 spiro atoms. The molecule has 1 saturated carbocycles. The highest BCUT2D eigenvalue weighted by molar-refractivity contribution is 6.32. The maximum atomic E-state index is 6.02. The van der Waals surface area contributed by atoms with Gasteiger partial charge in [0.15, 0.2) is 11.0 Å². The van der Waals surface area contributed by atoms with Crippen LogP contribution in [0.3, 0.4) is 0 Å². The van der Waals surface area contributed by atoms with E-state index in [9.17, 15) is 0 Å². The quantitative estimate of drug-likeness (QED) is 0.867. The minimum absolute atomic E-state index is 0.147. The fourth-order valence-electron chi connectivity index (χ4n) is 2.97.